The van der Waals surface area contributed by atoms with Crippen LogP contribution in [-0.2, 0) is 0 Å². The van der Waals surface area contributed by atoms with Crippen LogP contribution in [0.15, 0.2) is 22.7 Å². The molecule has 0 unspecified atom stereocenters. The Hall–Kier alpha value is -0.910. The fraction of sp³-hybridized carbons (Fsp3) is 0.417. The first-order chi connectivity index (χ1) is 8.00. The number of halogens is 1. The Morgan fingerprint density at radius 3 is 2.82 bits per heavy atom. The number of carbonyl (C=O) groups is 1. The van der Waals surface area contributed by atoms with E-state index in [1.165, 1.54) is 0 Å². The van der Waals surface area contributed by atoms with Crippen LogP contribution in [0.5, 0.6) is 0 Å². The summed E-state index contributed by atoms with van der Waals surface area (Å²) < 4.78 is 0.911. The summed E-state index contributed by atoms with van der Waals surface area (Å²) in [7, 11) is 0. The molecular formula is C12H15BrN2O2. The molecule has 0 radical (unpaired) electrons. The number of aliphatic hydroxyl groups is 1. The number of hydrogen-bond acceptors (Lipinski definition) is 3. The molecule has 1 aliphatic heterocycles. The van der Waals surface area contributed by atoms with Crippen LogP contribution in [-0.4, -0.2) is 36.2 Å². The molecule has 1 aromatic carbocycles. The van der Waals surface area contributed by atoms with E-state index in [1.807, 2.05) is 13.0 Å². The molecule has 1 heterocycles. The molecule has 0 spiro atoms. The van der Waals surface area contributed by atoms with Crippen molar-refractivity contribution in [3.8, 4) is 0 Å². The predicted molar refractivity (Wildman–Crippen MR) is 69.0 cm³/mol. The number of nitrogens with one attached hydrogen (secondary N) is 2. The van der Waals surface area contributed by atoms with Crippen LogP contribution >= 0.6 is 15.9 Å². The summed E-state index contributed by atoms with van der Waals surface area (Å²) in [5.74, 6) is -0.161. The molecule has 0 atom stereocenters. The molecule has 92 valence electrons. The number of benzene rings is 1. The summed E-state index contributed by atoms with van der Waals surface area (Å²) in [5, 5.41) is 15.5. The maximum Gasteiger partial charge on any atom is 0.251 e. The molecule has 1 saturated heterocycles. The van der Waals surface area contributed by atoms with Gasteiger partial charge in [0.1, 0.15) is 5.60 Å². The smallest absolute Gasteiger partial charge is 0.251 e. The number of amides is 1. The molecule has 1 fully saturated rings. The highest BCUT2D eigenvalue weighted by atomic mass is 79.9. The van der Waals surface area contributed by atoms with E-state index in [4.69, 9.17) is 0 Å². The molecule has 3 N–H and O–H groups in total. The summed E-state index contributed by atoms with van der Waals surface area (Å²) >= 11 is 3.39. The van der Waals surface area contributed by atoms with Crippen molar-refractivity contribution < 1.29 is 9.90 Å². The summed E-state index contributed by atoms with van der Waals surface area (Å²) in [5.41, 5.74) is 0.902. The first-order valence-electron chi connectivity index (χ1n) is 5.48. The zero-order chi connectivity index (χ0) is 12.5. The lowest BCUT2D eigenvalue weighted by molar-refractivity contribution is -0.00759. The highest BCUT2D eigenvalue weighted by molar-refractivity contribution is 9.10. The highest BCUT2D eigenvalue weighted by Crippen LogP contribution is 2.17. The molecule has 0 saturated carbocycles. The zero-order valence-electron chi connectivity index (χ0n) is 9.59. The van der Waals surface area contributed by atoms with Gasteiger partial charge in [-0.2, -0.15) is 0 Å². The normalized spacial score (nSPS) is 17.4. The lowest BCUT2D eigenvalue weighted by Crippen LogP contribution is -2.64. The first-order valence-corrected chi connectivity index (χ1v) is 6.27. The summed E-state index contributed by atoms with van der Waals surface area (Å²) in [6, 6.07) is 5.45. The Kier molecular flexibility index (Phi) is 3.51. The molecule has 1 aliphatic rings. The molecule has 5 heteroatoms. The van der Waals surface area contributed by atoms with Gasteiger partial charge in [0.15, 0.2) is 0 Å². The van der Waals surface area contributed by atoms with E-state index in [9.17, 15) is 9.90 Å². The van der Waals surface area contributed by atoms with Gasteiger partial charge in [-0.25, -0.2) is 0 Å². The van der Waals surface area contributed by atoms with Gasteiger partial charge in [-0.3, -0.25) is 4.79 Å². The second-order valence-electron chi connectivity index (χ2n) is 4.47. The standard InChI is InChI=1S/C12H15BrN2O2/c1-8-2-3-9(4-10(8)13)11(16)15-7-12(17)5-14-6-12/h2-4,14,17H,5-7H2,1H3,(H,15,16). The Morgan fingerprint density at radius 1 is 1.59 bits per heavy atom. The average molecular weight is 299 g/mol. The van der Waals surface area contributed by atoms with E-state index >= 15 is 0 Å². The lowest BCUT2D eigenvalue weighted by Gasteiger charge is -2.37. The lowest BCUT2D eigenvalue weighted by atomic mass is 9.97. The SMILES string of the molecule is Cc1ccc(C(=O)NCC2(O)CNC2)cc1Br. The fourth-order valence-corrected chi connectivity index (χ4v) is 2.00. The molecule has 1 amide bonds. The quantitative estimate of drug-likeness (QED) is 0.774. The van der Waals surface area contributed by atoms with Crippen LogP contribution in [0, 0.1) is 6.92 Å². The third kappa shape index (κ3) is 2.86. The molecule has 0 aliphatic carbocycles. The Morgan fingerprint density at radius 2 is 2.29 bits per heavy atom. The van der Waals surface area contributed by atoms with Crippen LogP contribution < -0.4 is 10.6 Å². The van der Waals surface area contributed by atoms with E-state index < -0.39 is 5.60 Å². The van der Waals surface area contributed by atoms with Crippen LogP contribution in [0.4, 0.5) is 0 Å². The van der Waals surface area contributed by atoms with Crippen LogP contribution in [0.2, 0.25) is 0 Å². The molecule has 0 aromatic heterocycles. The van der Waals surface area contributed by atoms with Crippen molar-refractivity contribution in [2.75, 3.05) is 19.6 Å². The molecular weight excluding hydrogens is 284 g/mol. The van der Waals surface area contributed by atoms with Crippen molar-refractivity contribution in [2.45, 2.75) is 12.5 Å². The van der Waals surface area contributed by atoms with Crippen LogP contribution in [0.3, 0.4) is 0 Å². The third-order valence-electron chi connectivity index (χ3n) is 2.92. The maximum absolute atomic E-state index is 11.8. The molecule has 17 heavy (non-hydrogen) atoms. The van der Waals surface area contributed by atoms with Crippen molar-refractivity contribution in [1.29, 1.82) is 0 Å². The van der Waals surface area contributed by atoms with Crippen molar-refractivity contribution in [3.63, 3.8) is 0 Å². The Balaban J connectivity index is 1.97. The first kappa shape index (κ1) is 12.5. The van der Waals surface area contributed by atoms with Crippen molar-refractivity contribution in [3.05, 3.63) is 33.8 Å². The maximum atomic E-state index is 11.8. The van der Waals surface area contributed by atoms with Gasteiger partial charge in [-0.15, -0.1) is 0 Å². The van der Waals surface area contributed by atoms with Gasteiger partial charge in [-0.05, 0) is 24.6 Å². The fourth-order valence-electron chi connectivity index (χ4n) is 1.62. The van der Waals surface area contributed by atoms with Crippen molar-refractivity contribution in [1.82, 2.24) is 10.6 Å². The highest BCUT2D eigenvalue weighted by Gasteiger charge is 2.34. The average Bonchev–Trinajstić information content (AvgIpc) is 2.27. The van der Waals surface area contributed by atoms with Gasteiger partial charge in [0, 0.05) is 29.7 Å². The van der Waals surface area contributed by atoms with Crippen molar-refractivity contribution in [2.24, 2.45) is 0 Å². The third-order valence-corrected chi connectivity index (χ3v) is 3.77. The monoisotopic (exact) mass is 298 g/mol. The summed E-state index contributed by atoms with van der Waals surface area (Å²) in [6.07, 6.45) is 0. The number of rotatable bonds is 3. The van der Waals surface area contributed by atoms with Crippen molar-refractivity contribution >= 4 is 21.8 Å². The van der Waals surface area contributed by atoms with Gasteiger partial charge in [-0.1, -0.05) is 22.0 Å². The Labute approximate surface area is 109 Å². The minimum Gasteiger partial charge on any atom is -0.385 e. The number of β-amino-alcohol motifs (C(OH)–C–C–N with tert-alkyl or cyclic N) is 1. The minimum absolute atomic E-state index is 0.161. The molecule has 1 aromatic rings. The van der Waals surface area contributed by atoms with Crippen LogP contribution in [0.1, 0.15) is 15.9 Å². The Bertz CT molecular complexity index is 444. The largest absolute Gasteiger partial charge is 0.385 e. The molecule has 0 bridgehead atoms. The predicted octanol–water partition coefficient (Wildman–Crippen LogP) is 0.822. The van der Waals surface area contributed by atoms with Gasteiger partial charge >= 0.3 is 0 Å². The van der Waals surface area contributed by atoms with E-state index in [1.54, 1.807) is 12.1 Å². The summed E-state index contributed by atoms with van der Waals surface area (Å²) in [6.45, 7) is 3.31. The second-order valence-corrected chi connectivity index (χ2v) is 5.33. The van der Waals surface area contributed by atoms with Gasteiger partial charge in [0.05, 0.1) is 0 Å². The van der Waals surface area contributed by atoms with E-state index in [-0.39, 0.29) is 12.5 Å². The topological polar surface area (TPSA) is 61.4 Å². The zero-order valence-corrected chi connectivity index (χ0v) is 11.2. The number of aryl methyl sites for hydroxylation is 1. The van der Waals surface area contributed by atoms with Gasteiger partial charge in [0.25, 0.3) is 5.91 Å². The number of carbonyl (C=O) groups excluding carboxylic acids is 1. The summed E-state index contributed by atoms with van der Waals surface area (Å²) in [4.78, 5) is 11.8. The van der Waals surface area contributed by atoms with Gasteiger partial charge in [0.2, 0.25) is 0 Å². The second kappa shape index (κ2) is 4.76. The molecule has 4 nitrogen and oxygen atoms in total. The minimum atomic E-state index is -0.780. The van der Waals surface area contributed by atoms with Crippen LogP contribution in [0.25, 0.3) is 0 Å². The van der Waals surface area contributed by atoms with Gasteiger partial charge < -0.3 is 15.7 Å². The van der Waals surface area contributed by atoms with E-state index in [2.05, 4.69) is 26.6 Å². The molecule has 2 rings (SSSR count). The van der Waals surface area contributed by atoms with E-state index in [0.29, 0.717) is 18.7 Å². The van der Waals surface area contributed by atoms with E-state index in [0.717, 1.165) is 10.0 Å². The number of hydrogen-bond donors (Lipinski definition) is 3.